The molecule has 0 aliphatic carbocycles. The third kappa shape index (κ3) is 40.7. The fraction of sp³-hybridized carbons (Fsp3) is 0.848. The van der Waals surface area contributed by atoms with Crippen molar-refractivity contribution in [3.63, 3.8) is 0 Å². The number of hydrogen-bond donors (Lipinski definition) is 2. The second kappa shape index (κ2) is 38.2. The number of nitrogens with one attached hydrogen (secondary N) is 1. The summed E-state index contributed by atoms with van der Waals surface area (Å²) in [5.41, 5.74) is 0. The number of unbranched alkanes of at least 4 members (excludes halogenated alkanes) is 24. The molecule has 8 nitrogen and oxygen atoms in total. The van der Waals surface area contributed by atoms with Gasteiger partial charge in [0.15, 0.2) is 0 Å². The van der Waals surface area contributed by atoms with Crippen molar-refractivity contribution in [2.75, 3.05) is 40.9 Å². The molecule has 0 aliphatic heterocycles. The third-order valence-corrected chi connectivity index (χ3v) is 11.0. The molecular weight excluding hydrogens is 707 g/mol. The summed E-state index contributed by atoms with van der Waals surface area (Å²) < 4.78 is 23.2. The van der Waals surface area contributed by atoms with Gasteiger partial charge < -0.3 is 28.8 Å². The van der Waals surface area contributed by atoms with Crippen LogP contribution in [0.5, 0.6) is 0 Å². The van der Waals surface area contributed by atoms with Crippen molar-refractivity contribution in [3.05, 3.63) is 36.5 Å². The lowest BCUT2D eigenvalue weighted by molar-refractivity contribution is -0.870. The van der Waals surface area contributed by atoms with E-state index in [2.05, 4.69) is 43.5 Å². The number of nitrogens with zero attached hydrogens (tertiary/aromatic N) is 1. The van der Waals surface area contributed by atoms with Gasteiger partial charge in [-0.2, -0.15) is 0 Å². The van der Waals surface area contributed by atoms with Gasteiger partial charge in [-0.05, 0) is 57.8 Å². The molecule has 55 heavy (non-hydrogen) atoms. The van der Waals surface area contributed by atoms with E-state index in [0.29, 0.717) is 17.4 Å². The van der Waals surface area contributed by atoms with Gasteiger partial charge in [0.2, 0.25) is 5.91 Å². The van der Waals surface area contributed by atoms with E-state index >= 15 is 0 Å². The zero-order valence-corrected chi connectivity index (χ0v) is 37.5. The number of carbonyl (C=O) groups excluding carboxylic acids is 1. The lowest BCUT2D eigenvalue weighted by atomic mass is 10.0. The van der Waals surface area contributed by atoms with Crippen LogP contribution in [0.4, 0.5) is 0 Å². The van der Waals surface area contributed by atoms with Crippen LogP contribution in [-0.2, 0) is 18.4 Å². The average Bonchev–Trinajstić information content (AvgIpc) is 3.13. The van der Waals surface area contributed by atoms with Gasteiger partial charge in [-0.15, -0.1) is 0 Å². The van der Waals surface area contributed by atoms with Crippen molar-refractivity contribution in [2.24, 2.45) is 0 Å². The maximum Gasteiger partial charge on any atom is 0.268 e. The Morgan fingerprint density at radius 1 is 0.618 bits per heavy atom. The molecule has 0 heterocycles. The van der Waals surface area contributed by atoms with Crippen LogP contribution in [0.15, 0.2) is 36.5 Å². The molecule has 0 spiro atoms. The molecule has 1 amide bonds. The Kier molecular flexibility index (Phi) is 37.4. The molecule has 2 N–H and O–H groups in total. The number of phosphoric acid groups is 1. The standard InChI is InChI=1S/C46H89N2O6P/c1-6-8-10-12-14-16-18-20-21-22-23-24-25-26-27-28-29-31-33-35-37-39-45(49)44(43-54-55(51,52)53-42-41-48(3,4)5)47-46(50)40-38-36-34-32-30-19-17-15-13-11-9-7-2/h15,17,29,31,37,39,44-45,49H,6-14,16,18-28,30,32-36,38,40-43H2,1-5H3,(H-,47,50,51,52)/b17-15-,31-29+,39-37+. The number of phosphoric ester groups is 1. The normalized spacial score (nSPS) is 14.7. The number of aliphatic hydroxyl groups excluding tert-OH is 1. The summed E-state index contributed by atoms with van der Waals surface area (Å²) in [5.74, 6) is -0.218. The predicted octanol–water partition coefficient (Wildman–Crippen LogP) is 12.1. The van der Waals surface area contributed by atoms with E-state index in [1.807, 2.05) is 27.2 Å². The minimum Gasteiger partial charge on any atom is -0.756 e. The highest BCUT2D eigenvalue weighted by Gasteiger charge is 2.23. The molecule has 0 fully saturated rings. The van der Waals surface area contributed by atoms with Crippen LogP contribution in [0.3, 0.4) is 0 Å². The van der Waals surface area contributed by atoms with Crippen molar-refractivity contribution in [1.82, 2.24) is 5.32 Å². The Morgan fingerprint density at radius 2 is 1.02 bits per heavy atom. The SMILES string of the molecule is CCCCC/C=C\CCCCCCCC(=O)NC(COP(=O)([O-])OCC[N+](C)(C)C)C(O)/C=C/CC/C=C/CCCCCCCCCCCCCCCCC. The Morgan fingerprint density at radius 3 is 1.51 bits per heavy atom. The molecule has 0 saturated heterocycles. The number of quaternary nitrogens is 1. The molecule has 0 aliphatic rings. The quantitative estimate of drug-likeness (QED) is 0.0276. The van der Waals surface area contributed by atoms with Gasteiger partial charge in [0.25, 0.3) is 7.82 Å². The largest absolute Gasteiger partial charge is 0.756 e. The van der Waals surface area contributed by atoms with Gasteiger partial charge in [-0.1, -0.05) is 172 Å². The van der Waals surface area contributed by atoms with Crippen LogP contribution in [0.2, 0.25) is 0 Å². The summed E-state index contributed by atoms with van der Waals surface area (Å²) in [5, 5.41) is 13.7. The van der Waals surface area contributed by atoms with Gasteiger partial charge in [0, 0.05) is 6.42 Å². The first-order valence-electron chi connectivity index (χ1n) is 22.9. The van der Waals surface area contributed by atoms with E-state index in [1.165, 1.54) is 122 Å². The first-order chi connectivity index (χ1) is 26.5. The first kappa shape index (κ1) is 53.7. The molecule has 0 aromatic heterocycles. The Balaban J connectivity index is 4.41. The van der Waals surface area contributed by atoms with Gasteiger partial charge in [-0.25, -0.2) is 0 Å². The van der Waals surface area contributed by atoms with Crippen LogP contribution in [0, 0.1) is 0 Å². The molecule has 0 radical (unpaired) electrons. The molecule has 3 atom stereocenters. The predicted molar refractivity (Wildman–Crippen MR) is 233 cm³/mol. The van der Waals surface area contributed by atoms with Crippen LogP contribution in [0.25, 0.3) is 0 Å². The van der Waals surface area contributed by atoms with E-state index in [9.17, 15) is 19.4 Å². The number of rotatable bonds is 41. The van der Waals surface area contributed by atoms with E-state index in [0.717, 1.165) is 57.8 Å². The van der Waals surface area contributed by atoms with Gasteiger partial charge in [0.1, 0.15) is 13.2 Å². The maximum atomic E-state index is 12.8. The molecule has 0 bridgehead atoms. The van der Waals surface area contributed by atoms with Crippen LogP contribution < -0.4 is 10.2 Å². The summed E-state index contributed by atoms with van der Waals surface area (Å²) >= 11 is 0. The lowest BCUT2D eigenvalue weighted by Crippen LogP contribution is -2.45. The fourth-order valence-electron chi connectivity index (χ4n) is 6.40. The zero-order valence-electron chi connectivity index (χ0n) is 36.6. The molecule has 324 valence electrons. The smallest absolute Gasteiger partial charge is 0.268 e. The highest BCUT2D eigenvalue weighted by Crippen LogP contribution is 2.38. The molecule has 0 rings (SSSR count). The summed E-state index contributed by atoms with van der Waals surface area (Å²) in [6.45, 7) is 4.59. The third-order valence-electron chi connectivity index (χ3n) is 10.1. The summed E-state index contributed by atoms with van der Waals surface area (Å²) in [6.07, 6.45) is 46.3. The van der Waals surface area contributed by atoms with E-state index < -0.39 is 26.6 Å². The Bertz CT molecular complexity index is 995. The number of likely N-dealkylation sites (N-methyl/N-ethyl adjacent to an activating group) is 1. The zero-order chi connectivity index (χ0) is 40.7. The second-order valence-electron chi connectivity index (χ2n) is 16.7. The maximum absolute atomic E-state index is 12.8. The van der Waals surface area contributed by atoms with Crippen molar-refractivity contribution >= 4 is 13.7 Å². The Labute approximate surface area is 340 Å². The Hall–Kier alpha value is -1.28. The first-order valence-corrected chi connectivity index (χ1v) is 24.3. The summed E-state index contributed by atoms with van der Waals surface area (Å²) in [4.78, 5) is 25.2. The average molecular weight is 797 g/mol. The minimum atomic E-state index is -4.59. The number of allylic oxidation sites excluding steroid dienone is 5. The van der Waals surface area contributed by atoms with Crippen molar-refractivity contribution in [3.8, 4) is 0 Å². The molecule has 9 heteroatoms. The van der Waals surface area contributed by atoms with Crippen LogP contribution >= 0.6 is 7.82 Å². The highest BCUT2D eigenvalue weighted by atomic mass is 31.2. The summed E-state index contributed by atoms with van der Waals surface area (Å²) in [7, 11) is 1.24. The topological polar surface area (TPSA) is 108 Å². The van der Waals surface area contributed by atoms with Gasteiger partial charge >= 0.3 is 0 Å². The minimum absolute atomic E-state index is 0.00797. The summed E-state index contributed by atoms with van der Waals surface area (Å²) in [6, 6.07) is -0.905. The second-order valence-corrected chi connectivity index (χ2v) is 18.2. The van der Waals surface area contributed by atoms with Crippen LogP contribution in [-0.4, -0.2) is 68.5 Å². The lowest BCUT2D eigenvalue weighted by Gasteiger charge is -2.29. The number of carbonyl (C=O) groups is 1. The monoisotopic (exact) mass is 797 g/mol. The van der Waals surface area contributed by atoms with Crippen LogP contribution in [0.1, 0.15) is 200 Å². The molecular formula is C46H89N2O6P. The van der Waals surface area contributed by atoms with E-state index in [1.54, 1.807) is 6.08 Å². The number of hydrogen-bond acceptors (Lipinski definition) is 6. The van der Waals surface area contributed by atoms with E-state index in [4.69, 9.17) is 9.05 Å². The number of amides is 1. The molecule has 0 aromatic carbocycles. The van der Waals surface area contributed by atoms with Gasteiger partial charge in [-0.3, -0.25) is 9.36 Å². The molecule has 0 aromatic rings. The highest BCUT2D eigenvalue weighted by molar-refractivity contribution is 7.45. The van der Waals surface area contributed by atoms with Crippen molar-refractivity contribution < 1.29 is 32.9 Å². The molecule has 0 saturated carbocycles. The van der Waals surface area contributed by atoms with E-state index in [-0.39, 0.29) is 12.5 Å². The number of aliphatic hydroxyl groups is 1. The van der Waals surface area contributed by atoms with Crippen molar-refractivity contribution in [2.45, 2.75) is 212 Å². The molecule has 3 unspecified atom stereocenters. The van der Waals surface area contributed by atoms with Gasteiger partial charge in [0.05, 0.1) is 39.9 Å². The fourth-order valence-corrected chi connectivity index (χ4v) is 7.12. The van der Waals surface area contributed by atoms with Crippen molar-refractivity contribution in [1.29, 1.82) is 0 Å².